The molecule has 29 rings (SSSR count). The molecular formula is C143H100. The van der Waals surface area contributed by atoms with Crippen molar-refractivity contribution in [3.8, 4) is 134 Å². The van der Waals surface area contributed by atoms with Crippen LogP contribution in [0.4, 0.5) is 0 Å². The number of fused-ring (bicyclic) bond motifs is 20. The van der Waals surface area contributed by atoms with Gasteiger partial charge in [-0.2, -0.15) is 0 Å². The first kappa shape index (κ1) is 84.8. The van der Waals surface area contributed by atoms with Gasteiger partial charge in [0.1, 0.15) is 0 Å². The molecule has 0 amide bonds. The first-order valence-corrected chi connectivity index (χ1v) is 50.4. The molecule has 0 nitrogen and oxygen atoms in total. The summed E-state index contributed by atoms with van der Waals surface area (Å²) in [7, 11) is 0. The van der Waals surface area contributed by atoms with Crippen LogP contribution in [0, 0.1) is 0 Å². The number of benzene rings is 26. The molecular weight excluding hydrogens is 1720 g/mol. The van der Waals surface area contributed by atoms with Crippen molar-refractivity contribution >= 4 is 118 Å². The molecule has 0 saturated carbocycles. The molecule has 0 heterocycles. The van der Waals surface area contributed by atoms with Gasteiger partial charge >= 0.3 is 0 Å². The highest BCUT2D eigenvalue weighted by atomic mass is 14.5. The van der Waals surface area contributed by atoms with Crippen LogP contribution >= 0.6 is 0 Å². The Morgan fingerprint density at radius 3 is 0.741 bits per heavy atom. The monoisotopic (exact) mass is 1820 g/mol. The van der Waals surface area contributed by atoms with E-state index in [1.54, 1.807) is 0 Å². The van der Waals surface area contributed by atoms with Crippen LogP contribution in [0.25, 0.3) is 252 Å². The first-order chi connectivity index (χ1) is 70.2. The van der Waals surface area contributed by atoms with E-state index in [1.807, 2.05) is 0 Å². The fraction of sp³-hybridized carbons (Fsp3) is 0.0629. The minimum atomic E-state index is -0.158. The van der Waals surface area contributed by atoms with Gasteiger partial charge in [0.15, 0.2) is 0 Å². The van der Waals surface area contributed by atoms with E-state index < -0.39 is 0 Å². The maximum absolute atomic E-state index is 2.43. The lowest BCUT2D eigenvalue weighted by Gasteiger charge is -2.26. The standard InChI is InChI=1S/2C49H34.C45H32/c1-49(2)45-30-33-16-4-3-15-32(33)29-44(45)42-26-13-27-43(48(42)49)47-40-23-9-7-21-38(40)46(39-22-8-10-24-41(39)47)35-19-11-18-34(28-35)37-25-12-17-31-14-5-6-20-36(31)37;1-49(2)45-30-34-17-6-5-16-33(34)29-44(45)42-24-13-25-43(48(42)49)47-40-22-11-9-20-38(40)46(39-21-10-12-23-41(39)47)37-19-8-7-18-36(37)35-27-26-31-14-3-4-15-32(31)28-35;1-45(2)41-28-33-16-7-6-15-32(33)27-40(41)38-21-12-22-39(44(38)45)43-36-19-10-8-17-34(36)42(35-18-9-11-20-37(35)43)31-25-23-30(24-26-31)29-13-4-3-5-14-29/h2*3-30H,1-2H3;3-28H,1-2H3. The third kappa shape index (κ3) is 13.6. The molecule has 0 atom stereocenters. The zero-order chi connectivity index (χ0) is 95.5. The van der Waals surface area contributed by atoms with E-state index in [2.05, 4.69) is 539 Å². The predicted molar refractivity (Wildman–Crippen MR) is 614 cm³/mol. The molecule has 0 fully saturated rings. The van der Waals surface area contributed by atoms with E-state index in [-0.39, 0.29) is 16.2 Å². The SMILES string of the molecule is CC1(C)c2cc3ccccc3cc2-c2cccc(-c3c4ccccc4c(-c4ccc(-c5ccccc5)cc4)c4ccccc34)c21.CC1(C)c2cc3ccccc3cc2-c2cccc(-c3c4ccccc4c(-c4cccc(-c5cccc6ccccc56)c4)c4ccccc34)c21.CC1(C)c2cc3ccccc3cc2-c2cccc(-c3c4ccccc4c(-c4ccccc4-c4ccc5ccccc5c4)c4ccccc34)c21. The smallest absolute Gasteiger partial charge is 0.0165 e. The lowest BCUT2D eigenvalue weighted by Crippen LogP contribution is -2.16. The van der Waals surface area contributed by atoms with Crippen LogP contribution in [-0.4, -0.2) is 0 Å². The molecule has 3 aliphatic carbocycles. The molecule has 0 aromatic heterocycles. The number of hydrogen-bond acceptors (Lipinski definition) is 0. The van der Waals surface area contributed by atoms with Crippen molar-refractivity contribution in [2.24, 2.45) is 0 Å². The topological polar surface area (TPSA) is 0 Å². The third-order valence-electron chi connectivity index (χ3n) is 32.0. The minimum Gasteiger partial charge on any atom is -0.0622 e. The lowest BCUT2D eigenvalue weighted by atomic mass is 9.76. The van der Waals surface area contributed by atoms with Crippen LogP contribution in [0.1, 0.15) is 74.9 Å². The molecule has 672 valence electrons. The molecule has 0 unspecified atom stereocenters. The highest BCUT2D eigenvalue weighted by Gasteiger charge is 2.43. The van der Waals surface area contributed by atoms with Gasteiger partial charge in [-0.1, -0.05) is 490 Å². The summed E-state index contributed by atoms with van der Waals surface area (Å²) in [4.78, 5) is 0. The Balaban J connectivity index is 0.000000107. The van der Waals surface area contributed by atoms with Crippen molar-refractivity contribution < 1.29 is 0 Å². The van der Waals surface area contributed by atoms with Gasteiger partial charge in [0.05, 0.1) is 0 Å². The van der Waals surface area contributed by atoms with Crippen molar-refractivity contribution in [2.75, 3.05) is 0 Å². The van der Waals surface area contributed by atoms with Crippen LogP contribution in [0.15, 0.2) is 497 Å². The summed E-state index contributed by atoms with van der Waals surface area (Å²) in [5, 5.41) is 28.3. The average molecular weight is 1820 g/mol. The molecule has 0 radical (unpaired) electrons. The van der Waals surface area contributed by atoms with Crippen molar-refractivity contribution in [2.45, 2.75) is 57.8 Å². The van der Waals surface area contributed by atoms with Crippen LogP contribution in [-0.2, 0) is 16.2 Å². The molecule has 3 aliphatic rings. The fourth-order valence-corrected chi connectivity index (χ4v) is 25.6. The number of rotatable bonds is 9. The van der Waals surface area contributed by atoms with Gasteiger partial charge in [-0.15, -0.1) is 0 Å². The van der Waals surface area contributed by atoms with Gasteiger partial charge in [-0.3, -0.25) is 0 Å². The van der Waals surface area contributed by atoms with E-state index in [4.69, 9.17) is 0 Å². The van der Waals surface area contributed by atoms with E-state index in [9.17, 15) is 0 Å². The van der Waals surface area contributed by atoms with E-state index in [0.717, 1.165) is 0 Å². The Hall–Kier alpha value is -17.4. The van der Waals surface area contributed by atoms with Gasteiger partial charge < -0.3 is 0 Å². The minimum absolute atomic E-state index is 0.139. The Morgan fingerprint density at radius 1 is 0.112 bits per heavy atom. The Kier molecular flexibility index (Phi) is 19.8. The van der Waals surface area contributed by atoms with Crippen molar-refractivity contribution in [3.63, 3.8) is 0 Å². The maximum Gasteiger partial charge on any atom is 0.0165 e. The molecule has 0 saturated heterocycles. The van der Waals surface area contributed by atoms with Crippen LogP contribution in [0.2, 0.25) is 0 Å². The summed E-state index contributed by atoms with van der Waals surface area (Å²) in [6.45, 7) is 14.5. The summed E-state index contributed by atoms with van der Waals surface area (Å²) >= 11 is 0. The first-order valence-electron chi connectivity index (χ1n) is 50.4. The Labute approximate surface area is 834 Å². The molecule has 0 bridgehead atoms. The number of hydrogen-bond donors (Lipinski definition) is 0. The zero-order valence-corrected chi connectivity index (χ0v) is 80.8. The summed E-state index contributed by atoms with van der Waals surface area (Å²) in [5.74, 6) is 0. The second-order valence-corrected chi connectivity index (χ2v) is 41.0. The Bertz CT molecular complexity index is 9620. The van der Waals surface area contributed by atoms with Crippen molar-refractivity contribution in [1.82, 2.24) is 0 Å². The second kappa shape index (κ2) is 33.4. The summed E-state index contributed by atoms with van der Waals surface area (Å²) in [5.41, 5.74) is 39.2. The third-order valence-corrected chi connectivity index (χ3v) is 32.0. The summed E-state index contributed by atoms with van der Waals surface area (Å²) < 4.78 is 0. The average Bonchev–Trinajstić information content (AvgIpc) is 1.58. The fourth-order valence-electron chi connectivity index (χ4n) is 25.6. The second-order valence-electron chi connectivity index (χ2n) is 41.0. The Morgan fingerprint density at radius 2 is 0.343 bits per heavy atom. The molecule has 0 N–H and O–H groups in total. The highest BCUT2D eigenvalue weighted by molar-refractivity contribution is 6.27. The van der Waals surface area contributed by atoms with Crippen LogP contribution < -0.4 is 0 Å². The van der Waals surface area contributed by atoms with Gasteiger partial charge in [0.2, 0.25) is 0 Å². The molecule has 26 aromatic rings. The predicted octanol–water partition coefficient (Wildman–Crippen LogP) is 39.7. The van der Waals surface area contributed by atoms with E-state index >= 15 is 0 Å². The van der Waals surface area contributed by atoms with Gasteiger partial charge in [0.25, 0.3) is 0 Å². The molecule has 0 spiro atoms. The van der Waals surface area contributed by atoms with E-state index in [1.165, 1.54) is 285 Å². The molecule has 143 heavy (non-hydrogen) atoms. The van der Waals surface area contributed by atoms with Crippen LogP contribution in [0.5, 0.6) is 0 Å². The normalized spacial score (nSPS) is 13.3. The molecule has 26 aromatic carbocycles. The summed E-state index contributed by atoms with van der Waals surface area (Å²) in [6, 6.07) is 185. The molecule has 0 aliphatic heterocycles. The van der Waals surface area contributed by atoms with Crippen LogP contribution in [0.3, 0.4) is 0 Å². The van der Waals surface area contributed by atoms with Crippen molar-refractivity contribution in [3.05, 3.63) is 531 Å². The van der Waals surface area contributed by atoms with Gasteiger partial charge in [-0.05, 0) is 334 Å². The summed E-state index contributed by atoms with van der Waals surface area (Å²) in [6.07, 6.45) is 0. The maximum atomic E-state index is 2.43. The zero-order valence-electron chi connectivity index (χ0n) is 80.8. The van der Waals surface area contributed by atoms with Gasteiger partial charge in [-0.25, -0.2) is 0 Å². The van der Waals surface area contributed by atoms with E-state index in [0.29, 0.717) is 0 Å². The largest absolute Gasteiger partial charge is 0.0622 e. The quantitative estimate of drug-likeness (QED) is 0.126. The molecule has 0 heteroatoms. The van der Waals surface area contributed by atoms with Gasteiger partial charge in [0, 0.05) is 16.2 Å². The van der Waals surface area contributed by atoms with Crippen molar-refractivity contribution in [1.29, 1.82) is 0 Å². The highest BCUT2D eigenvalue weighted by Crippen LogP contribution is 2.61. The lowest BCUT2D eigenvalue weighted by molar-refractivity contribution is 0.663.